The van der Waals surface area contributed by atoms with E-state index in [4.69, 9.17) is 4.74 Å². The molecule has 1 heterocycles. The fourth-order valence-electron chi connectivity index (χ4n) is 2.12. The summed E-state index contributed by atoms with van der Waals surface area (Å²) in [5, 5.41) is 0. The molecule has 1 aliphatic rings. The van der Waals surface area contributed by atoms with Crippen molar-refractivity contribution >= 4 is 18.1 Å². The van der Waals surface area contributed by atoms with E-state index in [1.807, 2.05) is 0 Å². The predicted molar refractivity (Wildman–Crippen MR) is 71.4 cm³/mol. The van der Waals surface area contributed by atoms with Crippen LogP contribution >= 0.6 is 0 Å². The molecular formula is C14H16N2O4. The molecule has 1 fully saturated rings. The number of hydrogen-bond acceptors (Lipinski definition) is 4. The summed E-state index contributed by atoms with van der Waals surface area (Å²) < 4.78 is 5.22. The van der Waals surface area contributed by atoms with E-state index in [2.05, 4.69) is 0 Å². The molecule has 0 radical (unpaired) electrons. The Bertz CT molecular complexity index is 556. The van der Waals surface area contributed by atoms with Crippen LogP contribution < -0.4 is 4.74 Å². The second-order valence-electron chi connectivity index (χ2n) is 4.64. The average molecular weight is 276 g/mol. The molecule has 0 aromatic heterocycles. The Morgan fingerprint density at radius 2 is 2.00 bits per heavy atom. The maximum atomic E-state index is 11.9. The first-order valence-corrected chi connectivity index (χ1v) is 6.23. The van der Waals surface area contributed by atoms with E-state index < -0.39 is 11.8 Å². The lowest BCUT2D eigenvalue weighted by Crippen LogP contribution is -2.52. The summed E-state index contributed by atoms with van der Waals surface area (Å²) in [6.07, 6.45) is 0.736. The molecule has 0 spiro atoms. The van der Waals surface area contributed by atoms with Gasteiger partial charge in [0.2, 0.25) is 0 Å². The van der Waals surface area contributed by atoms with Crippen molar-refractivity contribution in [2.75, 3.05) is 27.2 Å². The average Bonchev–Trinajstić information content (AvgIpc) is 2.47. The molecule has 0 bridgehead atoms. The number of benzene rings is 1. The van der Waals surface area contributed by atoms with Crippen molar-refractivity contribution in [1.82, 2.24) is 9.80 Å². The number of amides is 2. The Balaban J connectivity index is 2.23. The van der Waals surface area contributed by atoms with Crippen LogP contribution in [0.4, 0.5) is 0 Å². The second kappa shape index (κ2) is 5.73. The molecule has 1 saturated heterocycles. The number of hydrogen-bond donors (Lipinski definition) is 0. The van der Waals surface area contributed by atoms with Gasteiger partial charge < -0.3 is 14.5 Å². The predicted octanol–water partition coefficient (Wildman–Crippen LogP) is 0.308. The van der Waals surface area contributed by atoms with Gasteiger partial charge >= 0.3 is 11.8 Å². The molecular weight excluding hydrogens is 260 g/mol. The van der Waals surface area contributed by atoms with Gasteiger partial charge in [-0.15, -0.1) is 0 Å². The van der Waals surface area contributed by atoms with Crippen molar-refractivity contribution in [2.24, 2.45) is 0 Å². The molecule has 2 amide bonds. The molecule has 1 aliphatic heterocycles. The van der Waals surface area contributed by atoms with Crippen LogP contribution in [0, 0.1) is 0 Å². The van der Waals surface area contributed by atoms with Crippen molar-refractivity contribution in [3.05, 3.63) is 29.3 Å². The molecule has 6 nitrogen and oxygen atoms in total. The lowest BCUT2D eigenvalue weighted by atomic mass is 10.1. The fraction of sp³-hybridized carbons (Fsp3) is 0.357. The van der Waals surface area contributed by atoms with Crippen LogP contribution in [0.5, 0.6) is 5.75 Å². The van der Waals surface area contributed by atoms with Crippen molar-refractivity contribution in [3.8, 4) is 5.75 Å². The number of ether oxygens (including phenoxy) is 1. The van der Waals surface area contributed by atoms with Gasteiger partial charge in [-0.05, 0) is 18.2 Å². The van der Waals surface area contributed by atoms with E-state index in [1.165, 1.54) is 16.9 Å². The minimum absolute atomic E-state index is 0.253. The van der Waals surface area contributed by atoms with Gasteiger partial charge in [0, 0.05) is 37.8 Å². The van der Waals surface area contributed by atoms with Gasteiger partial charge in [0.1, 0.15) is 12.0 Å². The standard InChI is InChI=1S/C14H16N2O4/c1-15-5-6-16(14(19)13(15)18)8-11-7-10(9-17)3-4-12(11)20-2/h3-4,7,9H,5-6,8H2,1-2H3. The largest absolute Gasteiger partial charge is 0.496 e. The molecule has 0 saturated carbocycles. The van der Waals surface area contributed by atoms with Gasteiger partial charge in [0.15, 0.2) is 0 Å². The van der Waals surface area contributed by atoms with Gasteiger partial charge in [-0.3, -0.25) is 14.4 Å². The van der Waals surface area contributed by atoms with Crippen molar-refractivity contribution in [3.63, 3.8) is 0 Å². The Labute approximate surface area is 116 Å². The highest BCUT2D eigenvalue weighted by Crippen LogP contribution is 2.22. The van der Waals surface area contributed by atoms with Crippen LogP contribution in [0.1, 0.15) is 15.9 Å². The Morgan fingerprint density at radius 1 is 1.25 bits per heavy atom. The second-order valence-corrected chi connectivity index (χ2v) is 4.64. The number of rotatable bonds is 4. The van der Waals surface area contributed by atoms with Crippen LogP contribution in [0.2, 0.25) is 0 Å². The smallest absolute Gasteiger partial charge is 0.312 e. The number of aldehydes is 1. The summed E-state index contributed by atoms with van der Waals surface area (Å²) in [6, 6.07) is 5.00. The lowest BCUT2D eigenvalue weighted by molar-refractivity contribution is -0.155. The number of methoxy groups -OCH3 is 1. The summed E-state index contributed by atoms with van der Waals surface area (Å²) in [4.78, 5) is 37.3. The molecule has 6 heteroatoms. The number of nitrogens with zero attached hydrogens (tertiary/aromatic N) is 2. The van der Waals surface area contributed by atoms with Crippen LogP contribution in [-0.4, -0.2) is 55.1 Å². The molecule has 1 aromatic carbocycles. The third kappa shape index (κ3) is 2.64. The first-order chi connectivity index (χ1) is 9.56. The number of likely N-dealkylation sites (N-methyl/N-ethyl adjacent to an activating group) is 1. The van der Waals surface area contributed by atoms with E-state index in [1.54, 1.807) is 25.2 Å². The zero-order chi connectivity index (χ0) is 14.7. The minimum atomic E-state index is -0.530. The van der Waals surface area contributed by atoms with Crippen LogP contribution in [0.3, 0.4) is 0 Å². The summed E-state index contributed by atoms with van der Waals surface area (Å²) in [6.45, 7) is 1.22. The van der Waals surface area contributed by atoms with Gasteiger partial charge in [-0.25, -0.2) is 0 Å². The van der Waals surface area contributed by atoms with E-state index in [-0.39, 0.29) is 6.54 Å². The highest BCUT2D eigenvalue weighted by Gasteiger charge is 2.30. The van der Waals surface area contributed by atoms with E-state index in [9.17, 15) is 14.4 Å². The summed E-state index contributed by atoms with van der Waals surface area (Å²) in [7, 11) is 3.13. The first kappa shape index (κ1) is 14.0. The first-order valence-electron chi connectivity index (χ1n) is 6.23. The normalized spacial score (nSPS) is 15.5. The third-order valence-corrected chi connectivity index (χ3v) is 3.32. The van der Waals surface area contributed by atoms with Crippen LogP contribution in [0.25, 0.3) is 0 Å². The lowest BCUT2D eigenvalue weighted by Gasteiger charge is -2.31. The topological polar surface area (TPSA) is 66.9 Å². The fourth-order valence-corrected chi connectivity index (χ4v) is 2.12. The van der Waals surface area contributed by atoms with E-state index in [0.29, 0.717) is 30.0 Å². The molecule has 2 rings (SSSR count). The molecule has 20 heavy (non-hydrogen) atoms. The highest BCUT2D eigenvalue weighted by molar-refractivity contribution is 6.35. The zero-order valence-corrected chi connectivity index (χ0v) is 11.5. The van der Waals surface area contributed by atoms with Crippen molar-refractivity contribution in [2.45, 2.75) is 6.54 Å². The Hall–Kier alpha value is -2.37. The SMILES string of the molecule is COc1ccc(C=O)cc1CN1CCN(C)C(=O)C1=O. The van der Waals surface area contributed by atoms with E-state index in [0.717, 1.165) is 6.29 Å². The molecule has 1 aromatic rings. The summed E-state index contributed by atoms with van der Waals surface area (Å²) >= 11 is 0. The van der Waals surface area contributed by atoms with E-state index >= 15 is 0 Å². The quantitative estimate of drug-likeness (QED) is 0.586. The molecule has 0 unspecified atom stereocenters. The van der Waals surface area contributed by atoms with Gasteiger partial charge in [0.25, 0.3) is 0 Å². The summed E-state index contributed by atoms with van der Waals surface area (Å²) in [5.41, 5.74) is 1.22. The monoisotopic (exact) mass is 276 g/mol. The number of piperazine rings is 1. The van der Waals surface area contributed by atoms with Gasteiger partial charge in [-0.1, -0.05) is 0 Å². The van der Waals surface area contributed by atoms with Crippen molar-refractivity contribution in [1.29, 1.82) is 0 Å². The maximum Gasteiger partial charge on any atom is 0.312 e. The van der Waals surface area contributed by atoms with Gasteiger partial charge in [-0.2, -0.15) is 0 Å². The molecule has 0 N–H and O–H groups in total. The molecule has 0 aliphatic carbocycles. The molecule has 106 valence electrons. The third-order valence-electron chi connectivity index (χ3n) is 3.32. The Kier molecular flexibility index (Phi) is 4.02. The molecule has 0 atom stereocenters. The summed E-state index contributed by atoms with van der Waals surface area (Å²) in [5.74, 6) is -0.450. The van der Waals surface area contributed by atoms with Crippen molar-refractivity contribution < 1.29 is 19.1 Å². The number of carbonyl (C=O) groups is 3. The van der Waals surface area contributed by atoms with Gasteiger partial charge in [0.05, 0.1) is 7.11 Å². The number of carbonyl (C=O) groups excluding carboxylic acids is 3. The maximum absolute atomic E-state index is 11.9. The highest BCUT2D eigenvalue weighted by atomic mass is 16.5. The minimum Gasteiger partial charge on any atom is -0.496 e. The Morgan fingerprint density at radius 3 is 2.65 bits per heavy atom. The van der Waals surface area contributed by atoms with Crippen LogP contribution in [-0.2, 0) is 16.1 Å². The zero-order valence-electron chi connectivity index (χ0n) is 11.5. The van der Waals surface area contributed by atoms with Crippen LogP contribution in [0.15, 0.2) is 18.2 Å².